The molecule has 1 saturated carbocycles. The van der Waals surface area contributed by atoms with Crippen LogP contribution in [0.1, 0.15) is 41.9 Å². The first-order valence-corrected chi connectivity index (χ1v) is 9.12. The summed E-state index contributed by atoms with van der Waals surface area (Å²) in [6.45, 7) is 1.64. The molecular weight excluding hydrogens is 378 g/mol. The summed E-state index contributed by atoms with van der Waals surface area (Å²) in [7, 11) is 0. The van der Waals surface area contributed by atoms with Crippen LogP contribution in [-0.4, -0.2) is 50.3 Å². The van der Waals surface area contributed by atoms with E-state index in [1.165, 1.54) is 21.7 Å². The number of amides is 1. The van der Waals surface area contributed by atoms with Crippen molar-refractivity contribution in [1.29, 1.82) is 0 Å². The van der Waals surface area contributed by atoms with E-state index in [2.05, 4.69) is 15.5 Å². The van der Waals surface area contributed by atoms with Crippen LogP contribution in [0.25, 0.3) is 5.69 Å². The molecule has 28 heavy (non-hydrogen) atoms. The third kappa shape index (κ3) is 3.04. The highest BCUT2D eigenvalue weighted by atomic mass is 19.4. The number of rotatable bonds is 2. The Morgan fingerprint density at radius 2 is 2.04 bits per heavy atom. The largest absolute Gasteiger partial charge is 0.392 e. The van der Waals surface area contributed by atoms with Crippen molar-refractivity contribution in [3.8, 4) is 5.69 Å². The van der Waals surface area contributed by atoms with Crippen molar-refractivity contribution in [2.24, 2.45) is 11.3 Å². The topological polar surface area (TPSA) is 63.9 Å². The van der Waals surface area contributed by atoms with Gasteiger partial charge in [-0.05, 0) is 54.2 Å². The van der Waals surface area contributed by atoms with E-state index >= 15 is 0 Å². The minimum Gasteiger partial charge on any atom is -0.338 e. The fourth-order valence-electron chi connectivity index (χ4n) is 4.43. The minimum atomic E-state index is -4.27. The smallest absolute Gasteiger partial charge is 0.338 e. The van der Waals surface area contributed by atoms with Gasteiger partial charge in [0.15, 0.2) is 5.82 Å². The highest BCUT2D eigenvalue weighted by Crippen LogP contribution is 2.56. The SMILES string of the molecule is Cc1nnnn1-c1ccc(C(=O)N2CC[C@@H](C(F)(F)F)C3(CCC3)C2)c(F)c1. The summed E-state index contributed by atoms with van der Waals surface area (Å²) >= 11 is 0. The molecule has 0 bridgehead atoms. The molecule has 2 aliphatic rings. The molecule has 2 fully saturated rings. The highest BCUT2D eigenvalue weighted by molar-refractivity contribution is 5.94. The van der Waals surface area contributed by atoms with E-state index in [1.807, 2.05) is 0 Å². The molecule has 1 aliphatic heterocycles. The maximum absolute atomic E-state index is 14.6. The number of halogens is 4. The first-order valence-electron chi connectivity index (χ1n) is 9.12. The molecule has 0 unspecified atom stereocenters. The van der Waals surface area contributed by atoms with E-state index in [9.17, 15) is 22.4 Å². The fraction of sp³-hybridized carbons (Fsp3) is 0.556. The van der Waals surface area contributed by atoms with Crippen molar-refractivity contribution >= 4 is 5.91 Å². The Kier molecular flexibility index (Phi) is 4.39. The van der Waals surface area contributed by atoms with E-state index in [0.29, 0.717) is 24.4 Å². The van der Waals surface area contributed by atoms with Gasteiger partial charge in [0.05, 0.1) is 17.2 Å². The van der Waals surface area contributed by atoms with Gasteiger partial charge in [0, 0.05) is 19.2 Å². The van der Waals surface area contributed by atoms with Gasteiger partial charge in [-0.1, -0.05) is 6.42 Å². The summed E-state index contributed by atoms with van der Waals surface area (Å²) in [6, 6.07) is 4.00. The number of benzene rings is 1. The number of aryl methyl sites for hydroxylation is 1. The van der Waals surface area contributed by atoms with Crippen molar-refractivity contribution in [2.75, 3.05) is 13.1 Å². The Morgan fingerprint density at radius 1 is 1.29 bits per heavy atom. The third-order valence-corrected chi connectivity index (χ3v) is 6.02. The number of tetrazole rings is 1. The number of carbonyl (C=O) groups is 1. The molecule has 2 aromatic rings. The lowest BCUT2D eigenvalue weighted by molar-refractivity contribution is -0.235. The summed E-state index contributed by atoms with van der Waals surface area (Å²) in [6.07, 6.45) is -2.80. The van der Waals surface area contributed by atoms with Gasteiger partial charge in [-0.25, -0.2) is 4.39 Å². The molecule has 1 aromatic heterocycles. The highest BCUT2D eigenvalue weighted by Gasteiger charge is 2.58. The quantitative estimate of drug-likeness (QED) is 0.730. The second-order valence-electron chi connectivity index (χ2n) is 7.63. The summed E-state index contributed by atoms with van der Waals surface area (Å²) in [5, 5.41) is 11.0. The van der Waals surface area contributed by atoms with Gasteiger partial charge in [0.25, 0.3) is 5.91 Å². The van der Waals surface area contributed by atoms with E-state index in [-0.39, 0.29) is 25.1 Å². The standard InChI is InChI=1S/C18H19F4N5O/c1-11-23-24-25-27(11)12-3-4-13(14(19)9-12)16(28)26-8-5-15(18(20,21)22)17(10-26)6-2-7-17/h3-4,9,15H,2,5-8,10H2,1H3/t15-/m1/s1. The zero-order chi connectivity index (χ0) is 20.1. The van der Waals surface area contributed by atoms with E-state index in [4.69, 9.17) is 0 Å². The van der Waals surface area contributed by atoms with Gasteiger partial charge in [-0.3, -0.25) is 4.79 Å². The first kappa shape index (κ1) is 18.8. The van der Waals surface area contributed by atoms with Crippen LogP contribution in [0.2, 0.25) is 0 Å². The van der Waals surface area contributed by atoms with E-state index < -0.39 is 29.2 Å². The molecule has 0 N–H and O–H groups in total. The predicted octanol–water partition coefficient (Wildman–Crippen LogP) is 3.30. The summed E-state index contributed by atoms with van der Waals surface area (Å²) < 4.78 is 56.2. The van der Waals surface area contributed by atoms with Gasteiger partial charge in [0.2, 0.25) is 0 Å². The number of hydrogen-bond donors (Lipinski definition) is 0. The molecule has 1 aliphatic carbocycles. The van der Waals surface area contributed by atoms with Crippen LogP contribution in [0.5, 0.6) is 0 Å². The Labute approximate surface area is 158 Å². The molecule has 1 spiro atoms. The monoisotopic (exact) mass is 397 g/mol. The molecule has 150 valence electrons. The molecule has 2 heterocycles. The molecule has 1 atom stereocenters. The number of alkyl halides is 3. The molecule has 4 rings (SSSR count). The maximum atomic E-state index is 14.6. The average Bonchev–Trinajstić information content (AvgIpc) is 3.04. The van der Waals surface area contributed by atoms with Crippen molar-refractivity contribution < 1.29 is 22.4 Å². The van der Waals surface area contributed by atoms with Crippen molar-refractivity contribution in [3.05, 3.63) is 35.4 Å². The number of piperidine rings is 1. The van der Waals surface area contributed by atoms with Crippen LogP contribution < -0.4 is 0 Å². The van der Waals surface area contributed by atoms with Crippen LogP contribution in [0.15, 0.2) is 18.2 Å². The molecule has 1 aromatic carbocycles. The second kappa shape index (κ2) is 6.52. The van der Waals surface area contributed by atoms with Gasteiger partial charge in [0.1, 0.15) is 5.82 Å². The minimum absolute atomic E-state index is 0.0172. The van der Waals surface area contributed by atoms with Gasteiger partial charge >= 0.3 is 6.18 Å². The lowest BCUT2D eigenvalue weighted by Gasteiger charge is -2.54. The third-order valence-electron chi connectivity index (χ3n) is 6.02. The van der Waals surface area contributed by atoms with Crippen LogP contribution in [0.4, 0.5) is 17.6 Å². The zero-order valence-corrected chi connectivity index (χ0v) is 15.2. The molecule has 10 heteroatoms. The molecule has 0 radical (unpaired) electrons. The summed E-state index contributed by atoms with van der Waals surface area (Å²) in [5.41, 5.74) is -0.719. The Balaban J connectivity index is 1.56. The van der Waals surface area contributed by atoms with Crippen LogP contribution >= 0.6 is 0 Å². The van der Waals surface area contributed by atoms with Gasteiger partial charge < -0.3 is 4.90 Å². The van der Waals surface area contributed by atoms with Crippen molar-refractivity contribution in [2.45, 2.75) is 38.8 Å². The Morgan fingerprint density at radius 3 is 2.57 bits per heavy atom. The van der Waals surface area contributed by atoms with E-state index in [0.717, 1.165) is 12.5 Å². The van der Waals surface area contributed by atoms with E-state index in [1.54, 1.807) is 6.92 Å². The predicted molar refractivity (Wildman–Crippen MR) is 90.2 cm³/mol. The Hall–Kier alpha value is -2.52. The molecule has 1 amide bonds. The van der Waals surface area contributed by atoms with Gasteiger partial charge in [-0.2, -0.15) is 17.9 Å². The van der Waals surface area contributed by atoms with Crippen LogP contribution in [0, 0.1) is 24.1 Å². The normalized spacial score (nSPS) is 21.6. The first-order chi connectivity index (χ1) is 13.2. The number of hydrogen-bond acceptors (Lipinski definition) is 4. The number of nitrogens with zero attached hydrogens (tertiary/aromatic N) is 5. The summed E-state index contributed by atoms with van der Waals surface area (Å²) in [5.74, 6) is -2.27. The van der Waals surface area contributed by atoms with Crippen LogP contribution in [0.3, 0.4) is 0 Å². The molecule has 6 nitrogen and oxygen atoms in total. The maximum Gasteiger partial charge on any atom is 0.392 e. The number of carbonyl (C=O) groups excluding carboxylic acids is 1. The molecular formula is C18H19F4N5O. The molecule has 1 saturated heterocycles. The van der Waals surface area contributed by atoms with Crippen molar-refractivity contribution in [3.63, 3.8) is 0 Å². The number of likely N-dealkylation sites (tertiary alicyclic amines) is 1. The zero-order valence-electron chi connectivity index (χ0n) is 15.2. The van der Waals surface area contributed by atoms with Crippen LogP contribution in [-0.2, 0) is 0 Å². The van der Waals surface area contributed by atoms with Crippen molar-refractivity contribution in [1.82, 2.24) is 25.1 Å². The lowest BCUT2D eigenvalue weighted by atomic mass is 9.58. The number of aromatic nitrogens is 4. The second-order valence-corrected chi connectivity index (χ2v) is 7.63. The van der Waals surface area contributed by atoms with Gasteiger partial charge in [-0.15, -0.1) is 5.10 Å². The average molecular weight is 397 g/mol. The summed E-state index contributed by atoms with van der Waals surface area (Å²) in [4.78, 5) is 14.2. The Bertz CT molecular complexity index is 906. The fourth-order valence-corrected chi connectivity index (χ4v) is 4.43. The lowest BCUT2D eigenvalue weighted by Crippen LogP contribution is -2.57.